The number of carbonyl (C=O) groups is 1. The Kier molecular flexibility index (Phi) is 4.26. The summed E-state index contributed by atoms with van der Waals surface area (Å²) in [5, 5.41) is 9.16. The quantitative estimate of drug-likeness (QED) is 0.868. The Labute approximate surface area is 116 Å². The summed E-state index contributed by atoms with van der Waals surface area (Å²) in [5.41, 5.74) is 1.97. The van der Waals surface area contributed by atoms with E-state index in [1.54, 1.807) is 12.1 Å². The van der Waals surface area contributed by atoms with Gasteiger partial charge in [-0.1, -0.05) is 30.3 Å². The van der Waals surface area contributed by atoms with Crippen molar-refractivity contribution in [1.29, 1.82) is 0 Å². The molecule has 19 heavy (non-hydrogen) atoms. The van der Waals surface area contributed by atoms with Crippen LogP contribution in [0.3, 0.4) is 0 Å². The summed E-state index contributed by atoms with van der Waals surface area (Å²) in [6, 6.07) is 16.0. The van der Waals surface area contributed by atoms with Crippen molar-refractivity contribution in [3.8, 4) is 0 Å². The van der Waals surface area contributed by atoms with Crippen molar-refractivity contribution < 1.29 is 14.6 Å². The number of thiocarbonyl (C=S) groups is 1. The average Bonchev–Trinajstić information content (AvgIpc) is 2.46. The van der Waals surface area contributed by atoms with Crippen LogP contribution >= 0.6 is 12.2 Å². The van der Waals surface area contributed by atoms with E-state index in [1.807, 2.05) is 30.3 Å². The zero-order valence-corrected chi connectivity index (χ0v) is 10.9. The minimum Gasteiger partial charge on any atom is -0.478 e. The molecule has 0 aromatic heterocycles. The largest absolute Gasteiger partial charge is 0.478 e. The van der Waals surface area contributed by atoms with Crippen LogP contribution in [0.25, 0.3) is 0 Å². The maximum atomic E-state index is 10.7. The van der Waals surface area contributed by atoms with Gasteiger partial charge >= 0.3 is 5.97 Å². The number of ether oxygens (including phenoxy) is 1. The molecule has 0 spiro atoms. The Hall–Kier alpha value is -2.20. The molecule has 0 saturated carbocycles. The molecule has 0 fully saturated rings. The average molecular weight is 272 g/mol. The van der Waals surface area contributed by atoms with E-state index in [-0.39, 0.29) is 5.56 Å². The Morgan fingerprint density at radius 1 is 1.00 bits per heavy atom. The van der Waals surface area contributed by atoms with Crippen molar-refractivity contribution in [2.24, 2.45) is 0 Å². The van der Waals surface area contributed by atoms with Gasteiger partial charge in [0.1, 0.15) is 6.61 Å². The monoisotopic (exact) mass is 272 g/mol. The van der Waals surface area contributed by atoms with Crippen LogP contribution in [-0.2, 0) is 11.3 Å². The summed E-state index contributed by atoms with van der Waals surface area (Å²) in [4.78, 5) is 10.7. The first kappa shape index (κ1) is 13.2. The third-order valence-corrected chi connectivity index (χ3v) is 2.93. The normalized spacial score (nSPS) is 9.89. The summed E-state index contributed by atoms with van der Waals surface area (Å²) in [6.07, 6.45) is 0. The fraction of sp³-hybridized carbons (Fsp3) is 0.0667. The van der Waals surface area contributed by atoms with Crippen molar-refractivity contribution in [3.05, 3.63) is 71.3 Å². The molecule has 1 N–H and O–H groups in total. The molecule has 0 amide bonds. The zero-order chi connectivity index (χ0) is 13.7. The highest BCUT2D eigenvalue weighted by Gasteiger charge is 2.06. The fourth-order valence-electron chi connectivity index (χ4n) is 1.56. The van der Waals surface area contributed by atoms with Crippen LogP contribution in [0.2, 0.25) is 0 Å². The smallest absolute Gasteiger partial charge is 0.335 e. The lowest BCUT2D eigenvalue weighted by atomic mass is 10.1. The number of carboxylic acid groups (broad SMARTS) is 1. The standard InChI is InChI=1S/C15H12O3S/c16-14(17)12-6-8-13(9-7-12)15(19)18-10-11-4-2-1-3-5-11/h1-9H,10H2,(H,16,17). The van der Waals surface area contributed by atoms with Crippen molar-refractivity contribution in [2.45, 2.75) is 6.61 Å². The number of hydrogen-bond donors (Lipinski definition) is 1. The first-order valence-corrected chi connectivity index (χ1v) is 6.12. The molecule has 0 radical (unpaired) electrons. The molecule has 0 aliphatic rings. The molecule has 0 heterocycles. The minimum atomic E-state index is -0.956. The molecule has 2 rings (SSSR count). The third kappa shape index (κ3) is 3.63. The van der Waals surface area contributed by atoms with Gasteiger partial charge in [0.15, 0.2) is 5.05 Å². The molecule has 0 aliphatic carbocycles. The summed E-state index contributed by atoms with van der Waals surface area (Å²) in [5.74, 6) is -0.956. The van der Waals surface area contributed by atoms with Crippen molar-refractivity contribution in [3.63, 3.8) is 0 Å². The van der Waals surface area contributed by atoms with Crippen LogP contribution < -0.4 is 0 Å². The summed E-state index contributed by atoms with van der Waals surface area (Å²) >= 11 is 5.16. The molecular weight excluding hydrogens is 260 g/mol. The van der Waals surface area contributed by atoms with E-state index in [0.717, 1.165) is 5.56 Å². The van der Waals surface area contributed by atoms with Crippen LogP contribution in [0.5, 0.6) is 0 Å². The van der Waals surface area contributed by atoms with Gasteiger partial charge in [-0.3, -0.25) is 0 Å². The first-order chi connectivity index (χ1) is 9.16. The molecule has 0 bridgehead atoms. The molecule has 0 atom stereocenters. The van der Waals surface area contributed by atoms with Crippen LogP contribution in [-0.4, -0.2) is 16.1 Å². The third-order valence-electron chi connectivity index (χ3n) is 2.58. The highest BCUT2D eigenvalue weighted by atomic mass is 32.1. The Balaban J connectivity index is 1.98. The van der Waals surface area contributed by atoms with Gasteiger partial charge in [-0.2, -0.15) is 0 Å². The van der Waals surface area contributed by atoms with Crippen molar-refractivity contribution in [1.82, 2.24) is 0 Å². The molecular formula is C15H12O3S. The van der Waals surface area contributed by atoms with E-state index in [2.05, 4.69) is 0 Å². The highest BCUT2D eigenvalue weighted by molar-refractivity contribution is 7.80. The number of carboxylic acids is 1. The van der Waals surface area contributed by atoms with Crippen molar-refractivity contribution >= 4 is 23.2 Å². The van der Waals surface area contributed by atoms with E-state index in [4.69, 9.17) is 22.1 Å². The maximum absolute atomic E-state index is 10.7. The van der Waals surface area contributed by atoms with Gasteiger partial charge in [0.25, 0.3) is 0 Å². The number of aromatic carboxylic acids is 1. The highest BCUT2D eigenvalue weighted by Crippen LogP contribution is 2.09. The van der Waals surface area contributed by atoms with Crippen LogP contribution in [0.4, 0.5) is 0 Å². The van der Waals surface area contributed by atoms with Crippen molar-refractivity contribution in [2.75, 3.05) is 0 Å². The van der Waals surface area contributed by atoms with E-state index >= 15 is 0 Å². The van der Waals surface area contributed by atoms with Crippen LogP contribution in [0.15, 0.2) is 54.6 Å². The second-order valence-electron chi connectivity index (χ2n) is 3.94. The van der Waals surface area contributed by atoms with Gasteiger partial charge in [0.05, 0.1) is 5.56 Å². The number of benzene rings is 2. The van der Waals surface area contributed by atoms with E-state index < -0.39 is 5.97 Å². The van der Waals surface area contributed by atoms with E-state index in [9.17, 15) is 4.79 Å². The number of rotatable bonds is 4. The van der Waals surface area contributed by atoms with E-state index in [1.165, 1.54) is 12.1 Å². The fourth-order valence-corrected chi connectivity index (χ4v) is 1.75. The Bertz CT molecular complexity index is 576. The lowest BCUT2D eigenvalue weighted by Crippen LogP contribution is -2.04. The molecule has 0 aliphatic heterocycles. The van der Waals surface area contributed by atoms with Crippen LogP contribution in [0, 0.1) is 0 Å². The lowest BCUT2D eigenvalue weighted by molar-refractivity contribution is 0.0697. The Morgan fingerprint density at radius 2 is 1.58 bits per heavy atom. The molecule has 4 heteroatoms. The zero-order valence-electron chi connectivity index (χ0n) is 10.1. The SMILES string of the molecule is O=C(O)c1ccc(C(=S)OCc2ccccc2)cc1. The summed E-state index contributed by atoms with van der Waals surface area (Å²) in [6.45, 7) is 0.403. The molecule has 0 unspecified atom stereocenters. The minimum absolute atomic E-state index is 0.231. The summed E-state index contributed by atoms with van der Waals surface area (Å²) in [7, 11) is 0. The molecule has 0 saturated heterocycles. The van der Waals surface area contributed by atoms with Gasteiger partial charge in [-0.15, -0.1) is 0 Å². The van der Waals surface area contributed by atoms with Gasteiger partial charge < -0.3 is 9.84 Å². The topological polar surface area (TPSA) is 46.5 Å². The van der Waals surface area contributed by atoms with Gasteiger partial charge in [-0.25, -0.2) is 4.79 Å². The summed E-state index contributed by atoms with van der Waals surface area (Å²) < 4.78 is 5.50. The van der Waals surface area contributed by atoms with Gasteiger partial charge in [0, 0.05) is 5.56 Å². The Morgan fingerprint density at radius 3 is 2.16 bits per heavy atom. The second kappa shape index (κ2) is 6.11. The van der Waals surface area contributed by atoms with Crippen LogP contribution in [0.1, 0.15) is 21.5 Å². The first-order valence-electron chi connectivity index (χ1n) is 5.71. The number of hydrogen-bond acceptors (Lipinski definition) is 3. The predicted octanol–water partition coefficient (Wildman–Crippen LogP) is 3.28. The predicted molar refractivity (Wildman–Crippen MR) is 76.3 cm³/mol. The van der Waals surface area contributed by atoms with Gasteiger partial charge in [-0.05, 0) is 42.0 Å². The van der Waals surface area contributed by atoms with Gasteiger partial charge in [0.2, 0.25) is 0 Å². The molecule has 2 aromatic carbocycles. The molecule has 96 valence electrons. The second-order valence-corrected chi connectivity index (χ2v) is 4.32. The maximum Gasteiger partial charge on any atom is 0.335 e. The lowest BCUT2D eigenvalue weighted by Gasteiger charge is -2.07. The van der Waals surface area contributed by atoms with E-state index in [0.29, 0.717) is 17.2 Å². The molecule has 3 nitrogen and oxygen atoms in total. The molecule has 2 aromatic rings.